The lowest BCUT2D eigenvalue weighted by molar-refractivity contribution is 0.357. The van der Waals surface area contributed by atoms with Crippen LogP contribution in [0.5, 0.6) is 5.75 Å². The van der Waals surface area contributed by atoms with Crippen molar-refractivity contribution in [3.05, 3.63) is 58.9 Å². The zero-order chi connectivity index (χ0) is 16.5. The lowest BCUT2D eigenvalue weighted by Crippen LogP contribution is -2.08. The third-order valence-corrected chi connectivity index (χ3v) is 4.17. The first-order chi connectivity index (χ1) is 11.7. The predicted molar refractivity (Wildman–Crippen MR) is 92.4 cm³/mol. The maximum Gasteiger partial charge on any atom is 0.247 e. The number of aromatic nitrogens is 2. The van der Waals surface area contributed by atoms with Crippen LogP contribution in [0.4, 0.5) is 5.69 Å². The fourth-order valence-corrected chi connectivity index (χ4v) is 3.02. The molecule has 1 atom stereocenters. The average Bonchev–Trinajstić information content (AvgIpc) is 3.24. The second-order valence-corrected chi connectivity index (χ2v) is 6.15. The minimum absolute atomic E-state index is 0.165. The number of anilines is 1. The number of ether oxygens (including phenoxy) is 1. The van der Waals surface area contributed by atoms with Gasteiger partial charge in [0.2, 0.25) is 11.8 Å². The molecule has 1 aliphatic rings. The van der Waals surface area contributed by atoms with Crippen LogP contribution in [-0.4, -0.2) is 16.8 Å². The van der Waals surface area contributed by atoms with Crippen LogP contribution in [0.2, 0.25) is 5.02 Å². The summed E-state index contributed by atoms with van der Waals surface area (Å²) in [5.41, 5.74) is 2.87. The van der Waals surface area contributed by atoms with Crippen LogP contribution < -0.4 is 10.1 Å². The van der Waals surface area contributed by atoms with E-state index in [0.29, 0.717) is 23.4 Å². The number of fused-ring (bicyclic) bond motifs is 1. The Morgan fingerprint density at radius 3 is 2.83 bits per heavy atom. The summed E-state index contributed by atoms with van der Waals surface area (Å²) in [6.07, 6.45) is 0.873. The van der Waals surface area contributed by atoms with E-state index in [2.05, 4.69) is 15.5 Å². The summed E-state index contributed by atoms with van der Waals surface area (Å²) < 4.78 is 11.5. The monoisotopic (exact) mass is 341 g/mol. The Balaban J connectivity index is 1.58. The molecule has 0 saturated carbocycles. The Kier molecular flexibility index (Phi) is 3.86. The van der Waals surface area contributed by atoms with Gasteiger partial charge in [-0.15, -0.1) is 10.2 Å². The quantitative estimate of drug-likeness (QED) is 0.757. The van der Waals surface area contributed by atoms with Crippen LogP contribution in [0.1, 0.15) is 24.4 Å². The molecule has 0 fully saturated rings. The van der Waals surface area contributed by atoms with E-state index in [1.165, 1.54) is 0 Å². The molecule has 5 nitrogen and oxygen atoms in total. The number of nitrogens with zero attached hydrogens (tertiary/aromatic N) is 2. The molecule has 1 aromatic heterocycles. The maximum absolute atomic E-state index is 6.20. The van der Waals surface area contributed by atoms with Gasteiger partial charge in [0, 0.05) is 22.6 Å². The lowest BCUT2D eigenvalue weighted by Gasteiger charge is -2.15. The summed E-state index contributed by atoms with van der Waals surface area (Å²) in [5.74, 6) is 1.88. The molecule has 6 heteroatoms. The van der Waals surface area contributed by atoms with E-state index in [9.17, 15) is 0 Å². The topological polar surface area (TPSA) is 60.2 Å². The zero-order valence-corrected chi connectivity index (χ0v) is 13.9. The van der Waals surface area contributed by atoms with Crippen molar-refractivity contribution in [2.24, 2.45) is 0 Å². The Labute approximate surface area is 144 Å². The first-order valence-electron chi connectivity index (χ1n) is 7.81. The molecule has 0 aliphatic carbocycles. The van der Waals surface area contributed by atoms with Gasteiger partial charge in [0.15, 0.2) is 0 Å². The van der Waals surface area contributed by atoms with Gasteiger partial charge in [-0.1, -0.05) is 29.8 Å². The van der Waals surface area contributed by atoms with E-state index in [1.54, 1.807) is 0 Å². The molecule has 0 spiro atoms. The van der Waals surface area contributed by atoms with Gasteiger partial charge in [-0.05, 0) is 31.2 Å². The van der Waals surface area contributed by atoms with E-state index < -0.39 is 0 Å². The average molecular weight is 342 g/mol. The summed E-state index contributed by atoms with van der Waals surface area (Å²) in [4.78, 5) is 0. The molecule has 122 valence electrons. The number of hydrogen-bond acceptors (Lipinski definition) is 5. The SMILES string of the molecule is C[C@H](Nc1cc(Cl)cc2c1OCC2)c1nnc(-c2ccccc2)o1. The molecule has 0 radical (unpaired) electrons. The van der Waals surface area contributed by atoms with Crippen molar-refractivity contribution in [3.8, 4) is 17.2 Å². The zero-order valence-electron chi connectivity index (χ0n) is 13.1. The van der Waals surface area contributed by atoms with Gasteiger partial charge in [0.1, 0.15) is 11.8 Å². The molecule has 1 aliphatic heterocycles. The van der Waals surface area contributed by atoms with Gasteiger partial charge in [0.05, 0.1) is 12.3 Å². The molecular weight excluding hydrogens is 326 g/mol. The van der Waals surface area contributed by atoms with Crippen LogP contribution in [0.25, 0.3) is 11.5 Å². The van der Waals surface area contributed by atoms with Gasteiger partial charge in [-0.3, -0.25) is 0 Å². The van der Waals surface area contributed by atoms with Gasteiger partial charge >= 0.3 is 0 Å². The molecule has 2 heterocycles. The highest BCUT2D eigenvalue weighted by Crippen LogP contribution is 2.38. The maximum atomic E-state index is 6.20. The first-order valence-corrected chi connectivity index (χ1v) is 8.19. The van der Waals surface area contributed by atoms with Gasteiger partial charge < -0.3 is 14.5 Å². The first kappa shape index (κ1) is 15.0. The molecule has 0 amide bonds. The van der Waals surface area contributed by atoms with Crippen molar-refractivity contribution < 1.29 is 9.15 Å². The molecule has 4 rings (SSSR count). The number of rotatable bonds is 4. The van der Waals surface area contributed by atoms with Crippen molar-refractivity contribution in [1.82, 2.24) is 10.2 Å². The van der Waals surface area contributed by atoms with E-state index in [1.807, 2.05) is 49.4 Å². The second-order valence-electron chi connectivity index (χ2n) is 5.72. The fourth-order valence-electron chi connectivity index (χ4n) is 2.78. The summed E-state index contributed by atoms with van der Waals surface area (Å²) in [6.45, 7) is 2.64. The van der Waals surface area contributed by atoms with Crippen molar-refractivity contribution >= 4 is 17.3 Å². The van der Waals surface area contributed by atoms with Crippen molar-refractivity contribution in [2.75, 3.05) is 11.9 Å². The summed E-state index contributed by atoms with van der Waals surface area (Å²) in [7, 11) is 0. The van der Waals surface area contributed by atoms with Crippen molar-refractivity contribution in [3.63, 3.8) is 0 Å². The van der Waals surface area contributed by atoms with Crippen LogP contribution in [0.15, 0.2) is 46.9 Å². The van der Waals surface area contributed by atoms with Crippen LogP contribution in [0.3, 0.4) is 0 Å². The highest BCUT2D eigenvalue weighted by atomic mass is 35.5. The number of benzene rings is 2. The number of nitrogens with one attached hydrogen (secondary N) is 1. The Morgan fingerprint density at radius 1 is 1.17 bits per heavy atom. The predicted octanol–water partition coefficient (Wildman–Crippen LogP) is 4.50. The lowest BCUT2D eigenvalue weighted by atomic mass is 10.1. The number of hydrogen-bond donors (Lipinski definition) is 1. The smallest absolute Gasteiger partial charge is 0.247 e. The van der Waals surface area contributed by atoms with Crippen molar-refractivity contribution in [2.45, 2.75) is 19.4 Å². The highest BCUT2D eigenvalue weighted by molar-refractivity contribution is 6.31. The largest absolute Gasteiger partial charge is 0.491 e. The molecule has 0 saturated heterocycles. The molecule has 2 aromatic carbocycles. The Bertz CT molecular complexity index is 864. The van der Waals surface area contributed by atoms with E-state index in [-0.39, 0.29) is 6.04 Å². The fraction of sp³-hybridized carbons (Fsp3) is 0.222. The normalized spacial score (nSPS) is 14.1. The second kappa shape index (κ2) is 6.17. The summed E-state index contributed by atoms with van der Waals surface area (Å²) >= 11 is 6.20. The Hall–Kier alpha value is -2.53. The summed E-state index contributed by atoms with van der Waals surface area (Å²) in [5, 5.41) is 12.3. The Morgan fingerprint density at radius 2 is 2.00 bits per heavy atom. The van der Waals surface area contributed by atoms with Gasteiger partial charge in [-0.25, -0.2) is 0 Å². The van der Waals surface area contributed by atoms with E-state index >= 15 is 0 Å². The standard InChI is InChI=1S/C18H16ClN3O2/c1-11(17-21-22-18(24-17)12-5-3-2-4-6-12)20-15-10-14(19)9-13-7-8-23-16(13)15/h2-6,9-11,20H,7-8H2,1H3/t11-/m0/s1. The molecular formula is C18H16ClN3O2. The molecule has 0 bridgehead atoms. The minimum atomic E-state index is -0.165. The molecule has 1 N–H and O–H groups in total. The van der Waals surface area contributed by atoms with E-state index in [4.69, 9.17) is 20.8 Å². The number of halogens is 1. The summed E-state index contributed by atoms with van der Waals surface area (Å²) in [6, 6.07) is 13.3. The van der Waals surface area contributed by atoms with Crippen LogP contribution >= 0.6 is 11.6 Å². The highest BCUT2D eigenvalue weighted by Gasteiger charge is 2.21. The molecule has 24 heavy (non-hydrogen) atoms. The van der Waals surface area contributed by atoms with E-state index in [0.717, 1.165) is 29.0 Å². The third kappa shape index (κ3) is 2.83. The molecule has 0 unspecified atom stereocenters. The van der Waals surface area contributed by atoms with Crippen LogP contribution in [0, 0.1) is 0 Å². The van der Waals surface area contributed by atoms with Gasteiger partial charge in [-0.2, -0.15) is 0 Å². The third-order valence-electron chi connectivity index (χ3n) is 3.95. The molecule has 3 aromatic rings. The van der Waals surface area contributed by atoms with Crippen molar-refractivity contribution in [1.29, 1.82) is 0 Å². The van der Waals surface area contributed by atoms with Gasteiger partial charge in [0.25, 0.3) is 0 Å². The minimum Gasteiger partial charge on any atom is -0.491 e. The van der Waals surface area contributed by atoms with Crippen LogP contribution in [-0.2, 0) is 6.42 Å².